The normalized spacial score (nSPS) is 15.3. The van der Waals surface area contributed by atoms with E-state index in [-0.39, 0.29) is 11.2 Å². The maximum absolute atomic E-state index is 12.5. The number of aromatic nitrogens is 4. The van der Waals surface area contributed by atoms with Crippen molar-refractivity contribution in [2.45, 2.75) is 63.3 Å². The topological polar surface area (TPSA) is 72.7 Å². The van der Waals surface area contributed by atoms with Crippen molar-refractivity contribution in [3.8, 4) is 5.69 Å². The Morgan fingerprint density at radius 3 is 2.96 bits per heavy atom. The van der Waals surface area contributed by atoms with E-state index in [0.29, 0.717) is 11.7 Å². The SMILES string of the molecule is Cc1ccc(C)c(-n2nnnc2S[C@H](C)C(=O)NCCC2=CCCCC2)c1. The molecule has 144 valence electrons. The third-order valence-corrected chi connectivity index (χ3v) is 5.85. The summed E-state index contributed by atoms with van der Waals surface area (Å²) in [5.74, 6) is 0.0203. The molecule has 0 saturated heterocycles. The first kappa shape index (κ1) is 19.6. The Balaban J connectivity index is 1.58. The number of nitrogens with zero attached hydrogens (tertiary/aromatic N) is 4. The second-order valence-electron chi connectivity index (χ2n) is 7.07. The largest absolute Gasteiger partial charge is 0.355 e. The van der Waals surface area contributed by atoms with Crippen molar-refractivity contribution in [1.82, 2.24) is 25.5 Å². The molecule has 1 aliphatic carbocycles. The van der Waals surface area contributed by atoms with Crippen molar-refractivity contribution in [2.75, 3.05) is 6.54 Å². The Hall–Kier alpha value is -2.15. The summed E-state index contributed by atoms with van der Waals surface area (Å²) in [4.78, 5) is 12.5. The lowest BCUT2D eigenvalue weighted by Crippen LogP contribution is -2.32. The number of carbonyl (C=O) groups is 1. The molecule has 0 aliphatic heterocycles. The second-order valence-corrected chi connectivity index (χ2v) is 8.38. The van der Waals surface area contributed by atoms with Crippen LogP contribution in [0.5, 0.6) is 0 Å². The maximum Gasteiger partial charge on any atom is 0.233 e. The minimum atomic E-state index is -0.264. The molecule has 0 radical (unpaired) electrons. The summed E-state index contributed by atoms with van der Waals surface area (Å²) in [7, 11) is 0. The molecule has 0 fully saturated rings. The fourth-order valence-corrected chi connectivity index (χ4v) is 4.01. The third-order valence-electron chi connectivity index (χ3n) is 4.82. The van der Waals surface area contributed by atoms with Crippen LogP contribution in [0.1, 0.15) is 50.2 Å². The molecule has 27 heavy (non-hydrogen) atoms. The van der Waals surface area contributed by atoms with Crippen molar-refractivity contribution in [1.29, 1.82) is 0 Å². The molecule has 7 heteroatoms. The summed E-state index contributed by atoms with van der Waals surface area (Å²) < 4.78 is 1.71. The summed E-state index contributed by atoms with van der Waals surface area (Å²) in [6.07, 6.45) is 8.18. The lowest BCUT2D eigenvalue weighted by Gasteiger charge is -2.15. The Kier molecular flexibility index (Phi) is 6.66. The number of amides is 1. The van der Waals surface area contributed by atoms with Gasteiger partial charge in [-0.25, -0.2) is 0 Å². The minimum Gasteiger partial charge on any atom is -0.355 e. The van der Waals surface area contributed by atoms with Gasteiger partial charge in [-0.1, -0.05) is 35.5 Å². The van der Waals surface area contributed by atoms with Gasteiger partial charge in [0, 0.05) is 6.54 Å². The van der Waals surface area contributed by atoms with E-state index < -0.39 is 0 Å². The summed E-state index contributed by atoms with van der Waals surface area (Å²) in [6, 6.07) is 6.17. The van der Waals surface area contributed by atoms with Crippen LogP contribution >= 0.6 is 11.8 Å². The van der Waals surface area contributed by atoms with Gasteiger partial charge in [0.15, 0.2) is 0 Å². The highest BCUT2D eigenvalue weighted by Crippen LogP contribution is 2.25. The number of allylic oxidation sites excluding steroid dienone is 1. The van der Waals surface area contributed by atoms with E-state index in [4.69, 9.17) is 0 Å². The Labute approximate surface area is 164 Å². The fraction of sp³-hybridized carbons (Fsp3) is 0.500. The predicted molar refractivity (Wildman–Crippen MR) is 108 cm³/mol. The molecule has 1 aromatic carbocycles. The van der Waals surface area contributed by atoms with Crippen molar-refractivity contribution in [3.63, 3.8) is 0 Å². The smallest absolute Gasteiger partial charge is 0.233 e. The number of rotatable bonds is 7. The molecule has 1 heterocycles. The summed E-state index contributed by atoms with van der Waals surface area (Å²) in [5, 5.41) is 15.4. The van der Waals surface area contributed by atoms with Gasteiger partial charge in [-0.2, -0.15) is 4.68 Å². The highest BCUT2D eigenvalue weighted by molar-refractivity contribution is 8.00. The molecule has 0 bridgehead atoms. The first-order chi connectivity index (χ1) is 13.0. The van der Waals surface area contributed by atoms with E-state index in [1.165, 1.54) is 43.0 Å². The molecule has 0 unspecified atom stereocenters. The number of carbonyl (C=O) groups excluding carboxylic acids is 1. The van der Waals surface area contributed by atoms with E-state index in [0.717, 1.165) is 23.2 Å². The minimum absolute atomic E-state index is 0.0203. The van der Waals surface area contributed by atoms with Crippen LogP contribution in [0.4, 0.5) is 0 Å². The van der Waals surface area contributed by atoms with Gasteiger partial charge >= 0.3 is 0 Å². The number of aryl methyl sites for hydroxylation is 2. The molecule has 1 N–H and O–H groups in total. The molecule has 3 rings (SSSR count). The van der Waals surface area contributed by atoms with Crippen LogP contribution in [-0.4, -0.2) is 37.9 Å². The highest BCUT2D eigenvalue weighted by atomic mass is 32.2. The summed E-state index contributed by atoms with van der Waals surface area (Å²) in [5.41, 5.74) is 4.65. The van der Waals surface area contributed by atoms with Crippen LogP contribution in [0.15, 0.2) is 35.0 Å². The van der Waals surface area contributed by atoms with Gasteiger partial charge in [-0.15, -0.1) is 5.10 Å². The second kappa shape index (κ2) is 9.17. The van der Waals surface area contributed by atoms with Crippen LogP contribution < -0.4 is 5.32 Å². The Bertz CT molecular complexity index is 830. The maximum atomic E-state index is 12.5. The van der Waals surface area contributed by atoms with Crippen LogP contribution in [0.3, 0.4) is 0 Å². The zero-order valence-electron chi connectivity index (χ0n) is 16.2. The van der Waals surface area contributed by atoms with Gasteiger partial charge in [0.2, 0.25) is 11.1 Å². The van der Waals surface area contributed by atoms with Gasteiger partial charge in [0.25, 0.3) is 0 Å². The number of tetrazole rings is 1. The average molecular weight is 386 g/mol. The van der Waals surface area contributed by atoms with E-state index in [1.54, 1.807) is 4.68 Å². The highest BCUT2D eigenvalue weighted by Gasteiger charge is 2.19. The molecule has 1 aromatic heterocycles. The number of hydrogen-bond acceptors (Lipinski definition) is 5. The van der Waals surface area contributed by atoms with Crippen molar-refractivity contribution < 1.29 is 4.79 Å². The molecular weight excluding hydrogens is 358 g/mol. The van der Waals surface area contributed by atoms with Crippen LogP contribution in [0.2, 0.25) is 0 Å². The molecule has 1 amide bonds. The van der Waals surface area contributed by atoms with Gasteiger partial charge in [-0.3, -0.25) is 4.79 Å². The van der Waals surface area contributed by atoms with E-state index in [2.05, 4.69) is 45.1 Å². The average Bonchev–Trinajstić information content (AvgIpc) is 3.12. The monoisotopic (exact) mass is 385 g/mol. The lowest BCUT2D eigenvalue weighted by molar-refractivity contribution is -0.120. The molecule has 0 saturated carbocycles. The summed E-state index contributed by atoms with van der Waals surface area (Å²) in [6.45, 7) is 6.65. The molecule has 1 aliphatic rings. The zero-order chi connectivity index (χ0) is 19.2. The van der Waals surface area contributed by atoms with Crippen LogP contribution in [0.25, 0.3) is 5.69 Å². The molecule has 2 aromatic rings. The Morgan fingerprint density at radius 2 is 2.19 bits per heavy atom. The van der Waals surface area contributed by atoms with Gasteiger partial charge in [-0.05, 0) is 80.5 Å². The number of thioether (sulfide) groups is 1. The molecule has 1 atom stereocenters. The van der Waals surface area contributed by atoms with Crippen molar-refractivity contribution >= 4 is 17.7 Å². The predicted octanol–water partition coefficient (Wildman–Crippen LogP) is 3.77. The molecule has 6 nitrogen and oxygen atoms in total. The standard InChI is InChI=1S/C20H27N5OS/c1-14-9-10-15(2)18(13-14)25-20(22-23-24-25)27-16(3)19(26)21-12-11-17-7-5-4-6-8-17/h7,9-10,13,16H,4-6,8,11-12H2,1-3H3,(H,21,26)/t16-/m1/s1. The van der Waals surface area contributed by atoms with E-state index in [9.17, 15) is 4.79 Å². The number of hydrogen-bond donors (Lipinski definition) is 1. The quantitative estimate of drug-likeness (QED) is 0.580. The zero-order valence-corrected chi connectivity index (χ0v) is 17.1. The summed E-state index contributed by atoms with van der Waals surface area (Å²) >= 11 is 1.38. The van der Waals surface area contributed by atoms with Gasteiger partial charge in [0.05, 0.1) is 10.9 Å². The third kappa shape index (κ3) is 5.19. The van der Waals surface area contributed by atoms with E-state index in [1.807, 2.05) is 20.8 Å². The van der Waals surface area contributed by atoms with Crippen molar-refractivity contribution in [3.05, 3.63) is 41.0 Å². The fourth-order valence-electron chi connectivity index (χ4n) is 3.18. The first-order valence-corrected chi connectivity index (χ1v) is 10.4. The van der Waals surface area contributed by atoms with E-state index >= 15 is 0 Å². The Morgan fingerprint density at radius 1 is 1.33 bits per heavy atom. The van der Waals surface area contributed by atoms with Gasteiger partial charge in [0.1, 0.15) is 0 Å². The molecule has 0 spiro atoms. The number of nitrogens with one attached hydrogen (secondary N) is 1. The first-order valence-electron chi connectivity index (χ1n) is 9.53. The number of benzene rings is 1. The molecular formula is C20H27N5OS. The van der Waals surface area contributed by atoms with Crippen LogP contribution in [0, 0.1) is 13.8 Å². The van der Waals surface area contributed by atoms with Crippen LogP contribution in [-0.2, 0) is 4.79 Å². The van der Waals surface area contributed by atoms with Crippen molar-refractivity contribution in [2.24, 2.45) is 0 Å². The lowest BCUT2D eigenvalue weighted by atomic mass is 9.97. The van der Waals surface area contributed by atoms with Gasteiger partial charge < -0.3 is 5.32 Å².